The highest BCUT2D eigenvalue weighted by Gasteiger charge is 2.26. The first-order chi connectivity index (χ1) is 15.0. The minimum atomic E-state index is -0.524. The van der Waals surface area contributed by atoms with E-state index in [-0.39, 0.29) is 5.71 Å². The molecule has 0 amide bonds. The van der Waals surface area contributed by atoms with E-state index in [0.29, 0.717) is 25.2 Å². The molecular formula is C25H27NO5. The second-order valence-electron chi connectivity index (χ2n) is 7.29. The minimum Gasteiger partial charge on any atom is -0.489 e. The van der Waals surface area contributed by atoms with Crippen molar-refractivity contribution in [2.24, 2.45) is 5.16 Å². The molecule has 0 saturated carbocycles. The molecule has 0 atom stereocenters. The minimum absolute atomic E-state index is 0.182. The van der Waals surface area contributed by atoms with Crippen molar-refractivity contribution in [1.29, 1.82) is 0 Å². The lowest BCUT2D eigenvalue weighted by atomic mass is 9.85. The van der Waals surface area contributed by atoms with Crippen LogP contribution in [0.4, 0.5) is 0 Å². The monoisotopic (exact) mass is 421 g/mol. The van der Waals surface area contributed by atoms with Crippen LogP contribution in [0.15, 0.2) is 82.0 Å². The van der Waals surface area contributed by atoms with Gasteiger partial charge in [-0.2, -0.15) is 0 Å². The van der Waals surface area contributed by atoms with E-state index in [1.807, 2.05) is 54.6 Å². The zero-order valence-corrected chi connectivity index (χ0v) is 18.3. The van der Waals surface area contributed by atoms with Crippen LogP contribution in [0.1, 0.15) is 26.7 Å². The topological polar surface area (TPSA) is 66.4 Å². The van der Waals surface area contributed by atoms with E-state index in [2.05, 4.69) is 19.0 Å². The molecule has 2 aromatic carbocycles. The fourth-order valence-electron chi connectivity index (χ4n) is 3.31. The zero-order chi connectivity index (χ0) is 22.2. The maximum absolute atomic E-state index is 12.3. The highest BCUT2D eigenvalue weighted by Crippen LogP contribution is 2.32. The van der Waals surface area contributed by atoms with Crippen molar-refractivity contribution in [3.05, 3.63) is 76.9 Å². The predicted molar refractivity (Wildman–Crippen MR) is 120 cm³/mol. The molecule has 0 bridgehead atoms. The summed E-state index contributed by atoms with van der Waals surface area (Å²) in [4.78, 5) is 17.2. The van der Waals surface area contributed by atoms with Crippen LogP contribution in [0.25, 0.3) is 0 Å². The maximum atomic E-state index is 12.3. The van der Waals surface area contributed by atoms with Gasteiger partial charge in [-0.3, -0.25) is 0 Å². The summed E-state index contributed by atoms with van der Waals surface area (Å²) in [6, 6.07) is 17.0. The fraction of sp³-hybridized carbons (Fsp3) is 0.280. The third-order valence-electron chi connectivity index (χ3n) is 5.14. The lowest BCUT2D eigenvalue weighted by molar-refractivity contribution is -0.132. The first-order valence-electron chi connectivity index (χ1n) is 10.0. The molecule has 0 saturated heterocycles. The molecule has 162 valence electrons. The Kier molecular flexibility index (Phi) is 7.49. The third-order valence-corrected chi connectivity index (χ3v) is 5.14. The highest BCUT2D eigenvalue weighted by molar-refractivity contribution is 6.43. The molecule has 0 aliphatic heterocycles. The molecule has 0 heterocycles. The van der Waals surface area contributed by atoms with Crippen molar-refractivity contribution in [3.63, 3.8) is 0 Å². The lowest BCUT2D eigenvalue weighted by Gasteiger charge is -2.23. The highest BCUT2D eigenvalue weighted by atomic mass is 16.6. The molecular weight excluding hydrogens is 394 g/mol. The Morgan fingerprint density at radius 3 is 2.13 bits per heavy atom. The van der Waals surface area contributed by atoms with Gasteiger partial charge in [0.2, 0.25) is 0 Å². The van der Waals surface area contributed by atoms with Gasteiger partial charge in [0.1, 0.15) is 31.0 Å². The van der Waals surface area contributed by atoms with E-state index in [9.17, 15) is 4.79 Å². The smallest absolute Gasteiger partial charge is 0.360 e. The first-order valence-corrected chi connectivity index (χ1v) is 10.0. The number of carbonyl (C=O) groups is 1. The molecule has 6 heteroatoms. The van der Waals surface area contributed by atoms with E-state index in [1.54, 1.807) is 0 Å². The van der Waals surface area contributed by atoms with Gasteiger partial charge in [0.25, 0.3) is 0 Å². The van der Waals surface area contributed by atoms with E-state index >= 15 is 0 Å². The van der Waals surface area contributed by atoms with Crippen LogP contribution >= 0.6 is 0 Å². The quantitative estimate of drug-likeness (QED) is 0.245. The summed E-state index contributed by atoms with van der Waals surface area (Å²) in [6.07, 6.45) is 1.31. The number of hydrogen-bond acceptors (Lipinski definition) is 6. The fourth-order valence-corrected chi connectivity index (χ4v) is 3.31. The number of hydrogen-bond donors (Lipinski definition) is 0. The van der Waals surface area contributed by atoms with Crippen LogP contribution in [0, 0.1) is 0 Å². The van der Waals surface area contributed by atoms with E-state index in [0.717, 1.165) is 22.6 Å². The van der Waals surface area contributed by atoms with Crippen molar-refractivity contribution < 1.29 is 23.8 Å². The van der Waals surface area contributed by atoms with Gasteiger partial charge in [0, 0.05) is 0 Å². The number of esters is 1. The number of carbonyl (C=O) groups excluding carboxylic acids is 1. The van der Waals surface area contributed by atoms with E-state index in [4.69, 9.17) is 19.0 Å². The Morgan fingerprint density at radius 2 is 1.48 bits per heavy atom. The maximum Gasteiger partial charge on any atom is 0.360 e. The van der Waals surface area contributed by atoms with Gasteiger partial charge in [-0.1, -0.05) is 34.5 Å². The zero-order valence-electron chi connectivity index (χ0n) is 18.3. The van der Waals surface area contributed by atoms with Crippen LogP contribution in [0.3, 0.4) is 0 Å². The van der Waals surface area contributed by atoms with Gasteiger partial charge in [-0.05, 0) is 74.2 Å². The average molecular weight is 421 g/mol. The van der Waals surface area contributed by atoms with Crippen LogP contribution in [0.2, 0.25) is 0 Å². The lowest BCUT2D eigenvalue weighted by Crippen LogP contribution is -2.24. The number of rotatable bonds is 8. The molecule has 31 heavy (non-hydrogen) atoms. The summed E-state index contributed by atoms with van der Waals surface area (Å²) in [7, 11) is 2.75. The van der Waals surface area contributed by atoms with Crippen LogP contribution in [-0.2, 0) is 14.4 Å². The Balaban J connectivity index is 1.75. The van der Waals surface area contributed by atoms with Crippen molar-refractivity contribution in [1.82, 2.24) is 0 Å². The summed E-state index contributed by atoms with van der Waals surface area (Å²) in [5.41, 5.74) is 4.42. The molecule has 0 spiro atoms. The molecule has 0 N–H and O–H groups in total. The molecule has 1 aliphatic rings. The molecule has 0 aromatic heterocycles. The molecule has 1 aliphatic carbocycles. The molecule has 0 fully saturated rings. The average Bonchev–Trinajstić information content (AvgIpc) is 2.79. The predicted octanol–water partition coefficient (Wildman–Crippen LogP) is 5.46. The number of nitrogens with zero attached hydrogens (tertiary/aromatic N) is 1. The Hall–Kier alpha value is -3.54. The molecule has 2 aromatic rings. The van der Waals surface area contributed by atoms with Gasteiger partial charge >= 0.3 is 5.97 Å². The summed E-state index contributed by atoms with van der Waals surface area (Å²) >= 11 is 0. The van der Waals surface area contributed by atoms with Crippen molar-refractivity contribution >= 4 is 11.7 Å². The normalized spacial score (nSPS) is 14.4. The van der Waals surface area contributed by atoms with Crippen LogP contribution in [-0.4, -0.2) is 32.5 Å². The van der Waals surface area contributed by atoms with Crippen LogP contribution < -0.4 is 9.47 Å². The second kappa shape index (κ2) is 10.5. The van der Waals surface area contributed by atoms with Gasteiger partial charge in [-0.25, -0.2) is 4.79 Å². The van der Waals surface area contributed by atoms with Gasteiger partial charge in [0.15, 0.2) is 5.71 Å². The largest absolute Gasteiger partial charge is 0.489 e. The SMILES string of the molecule is CO/N=C(\C(=O)OC)C1=C(COc2ccc(Oc3ccccc3)cc2)CC(C)=C(C)C1. The number of para-hydroxylation sites is 1. The molecule has 3 rings (SSSR count). The first kappa shape index (κ1) is 22.2. The summed E-state index contributed by atoms with van der Waals surface area (Å²) in [5.74, 6) is 1.69. The number of methoxy groups -OCH3 is 1. The molecule has 0 unspecified atom stereocenters. The summed E-state index contributed by atoms with van der Waals surface area (Å²) < 4.78 is 16.7. The second-order valence-corrected chi connectivity index (χ2v) is 7.29. The van der Waals surface area contributed by atoms with Crippen molar-refractivity contribution in [3.8, 4) is 17.2 Å². The van der Waals surface area contributed by atoms with Gasteiger partial charge in [0.05, 0.1) is 7.11 Å². The standard InChI is InChI=1S/C25H27NO5/c1-17-14-19(23(15-18(17)2)24(26-29-4)25(27)28-3)16-30-20-10-12-22(13-11-20)31-21-8-6-5-7-9-21/h5-13H,14-16H2,1-4H3/b26-24-. The summed E-state index contributed by atoms with van der Waals surface area (Å²) in [6.45, 7) is 4.48. The van der Waals surface area contributed by atoms with Gasteiger partial charge < -0.3 is 19.0 Å². The van der Waals surface area contributed by atoms with E-state index in [1.165, 1.54) is 25.4 Å². The number of allylic oxidation sites excluding steroid dienone is 2. The molecule has 0 radical (unpaired) electrons. The van der Waals surface area contributed by atoms with Crippen LogP contribution in [0.5, 0.6) is 17.2 Å². The Labute approximate surface area is 182 Å². The van der Waals surface area contributed by atoms with Crippen molar-refractivity contribution in [2.45, 2.75) is 26.7 Å². The number of ether oxygens (including phenoxy) is 3. The van der Waals surface area contributed by atoms with Crippen molar-refractivity contribution in [2.75, 3.05) is 20.8 Å². The molecule has 6 nitrogen and oxygen atoms in total. The van der Waals surface area contributed by atoms with Gasteiger partial charge in [-0.15, -0.1) is 0 Å². The van der Waals surface area contributed by atoms with E-state index < -0.39 is 5.97 Å². The Bertz CT molecular complexity index is 1000. The third kappa shape index (κ3) is 5.75. The Morgan fingerprint density at radius 1 is 0.871 bits per heavy atom. The summed E-state index contributed by atoms with van der Waals surface area (Å²) in [5, 5.41) is 3.92. The number of oxime groups is 1. The number of benzene rings is 2.